The monoisotopic (exact) mass is 606 g/mol. The molecule has 2 N–H and O–H groups in total. The van der Waals surface area contributed by atoms with Crippen LogP contribution in [0.25, 0.3) is 11.1 Å². The van der Waals surface area contributed by atoms with Gasteiger partial charge in [0.1, 0.15) is 29.4 Å². The van der Waals surface area contributed by atoms with Crippen molar-refractivity contribution < 1.29 is 28.4 Å². The first kappa shape index (κ1) is 32.4. The molecule has 2 fully saturated rings. The third kappa shape index (κ3) is 9.74. The van der Waals surface area contributed by atoms with Gasteiger partial charge in [-0.05, 0) is 59.0 Å². The SMILES string of the molecule is C1CCCC1.CC(C)C(NS(=O)c1ccc(-c2ccc(COc3ccc(C(=O)N4CCOCC4)cc3)cc2)cc1)C(=O)O. The van der Waals surface area contributed by atoms with Gasteiger partial charge in [-0.2, -0.15) is 0 Å². The van der Waals surface area contributed by atoms with Crippen molar-refractivity contribution >= 4 is 22.9 Å². The lowest BCUT2D eigenvalue weighted by molar-refractivity contribution is -0.140. The summed E-state index contributed by atoms with van der Waals surface area (Å²) in [6, 6.07) is 21.5. The number of benzene rings is 3. The van der Waals surface area contributed by atoms with Crippen LogP contribution in [0.2, 0.25) is 0 Å². The molecule has 3 aromatic carbocycles. The van der Waals surface area contributed by atoms with E-state index in [1.165, 1.54) is 32.1 Å². The smallest absolute Gasteiger partial charge is 0.321 e. The van der Waals surface area contributed by atoms with E-state index in [1.54, 1.807) is 43.0 Å². The molecule has 1 aliphatic carbocycles. The largest absolute Gasteiger partial charge is 0.489 e. The maximum absolute atomic E-state index is 12.6. The molecule has 9 heteroatoms. The molecular formula is C34H42N2O6S. The molecule has 8 nitrogen and oxygen atoms in total. The summed E-state index contributed by atoms with van der Waals surface area (Å²) < 4.78 is 26.5. The van der Waals surface area contributed by atoms with Crippen molar-refractivity contribution in [2.45, 2.75) is 63.5 Å². The third-order valence-electron chi connectivity index (χ3n) is 7.58. The molecule has 43 heavy (non-hydrogen) atoms. The molecule has 0 aromatic heterocycles. The summed E-state index contributed by atoms with van der Waals surface area (Å²) in [5, 5.41) is 9.31. The number of morpholine rings is 1. The molecule has 2 aliphatic rings. The number of carbonyl (C=O) groups is 2. The highest BCUT2D eigenvalue weighted by atomic mass is 32.2. The van der Waals surface area contributed by atoms with E-state index in [9.17, 15) is 18.9 Å². The second kappa shape index (κ2) is 16.4. The number of hydrogen-bond donors (Lipinski definition) is 2. The number of rotatable bonds is 10. The lowest BCUT2D eigenvalue weighted by Gasteiger charge is -2.26. The number of carboxylic acids is 1. The number of amides is 1. The van der Waals surface area contributed by atoms with E-state index < -0.39 is 23.0 Å². The van der Waals surface area contributed by atoms with Crippen LogP contribution in [0.5, 0.6) is 5.75 Å². The molecule has 5 rings (SSSR count). The van der Waals surface area contributed by atoms with E-state index in [0.29, 0.717) is 49.1 Å². The Labute approximate surface area is 257 Å². The topological polar surface area (TPSA) is 105 Å². The number of nitrogens with zero attached hydrogens (tertiary/aromatic N) is 1. The molecule has 0 bridgehead atoms. The Bertz CT molecular complexity index is 1330. The second-order valence-electron chi connectivity index (χ2n) is 11.2. The van der Waals surface area contributed by atoms with Gasteiger partial charge in [0, 0.05) is 18.7 Å². The second-order valence-corrected chi connectivity index (χ2v) is 12.4. The van der Waals surface area contributed by atoms with Gasteiger partial charge in [-0.15, -0.1) is 0 Å². The van der Waals surface area contributed by atoms with Gasteiger partial charge in [0.15, 0.2) is 0 Å². The Morgan fingerprint density at radius 2 is 1.40 bits per heavy atom. The Hall–Kier alpha value is -3.53. The van der Waals surface area contributed by atoms with Crippen LogP contribution in [0.15, 0.2) is 77.7 Å². The van der Waals surface area contributed by atoms with Crippen LogP contribution in [0, 0.1) is 5.92 Å². The Morgan fingerprint density at radius 1 is 0.860 bits per heavy atom. The number of hydrogen-bond acceptors (Lipinski definition) is 5. The number of nitrogens with one attached hydrogen (secondary N) is 1. The number of aliphatic carboxylic acids is 1. The molecule has 1 saturated carbocycles. The molecule has 1 amide bonds. The zero-order valence-electron chi connectivity index (χ0n) is 25.0. The molecular weight excluding hydrogens is 564 g/mol. The standard InChI is InChI=1S/C29H32N2O6S.C5H10/c1-20(2)27(29(33)34)30-38(35)26-13-9-23(10-14-26)22-5-3-21(4-6-22)19-37-25-11-7-24(8-12-25)28(32)31-15-17-36-18-16-31;1-2-4-5-3-1/h3-14,20,27,30H,15-19H2,1-2H3,(H,33,34);1-5H2. The maximum Gasteiger partial charge on any atom is 0.321 e. The molecule has 0 radical (unpaired) electrons. The quantitative estimate of drug-likeness (QED) is 0.290. The summed E-state index contributed by atoms with van der Waals surface area (Å²) in [6.45, 7) is 6.30. The van der Waals surface area contributed by atoms with Crippen LogP contribution < -0.4 is 9.46 Å². The van der Waals surface area contributed by atoms with Gasteiger partial charge in [-0.3, -0.25) is 9.59 Å². The third-order valence-corrected chi connectivity index (χ3v) is 8.75. The van der Waals surface area contributed by atoms with Gasteiger partial charge in [0.05, 0.1) is 18.1 Å². The first-order valence-corrected chi connectivity index (χ1v) is 16.2. The molecule has 230 valence electrons. The van der Waals surface area contributed by atoms with Crippen LogP contribution in [-0.4, -0.2) is 58.4 Å². The van der Waals surface area contributed by atoms with Crippen LogP contribution in [-0.2, 0) is 27.1 Å². The fourth-order valence-electron chi connectivity index (χ4n) is 4.91. The maximum atomic E-state index is 12.6. The van der Waals surface area contributed by atoms with Gasteiger partial charge in [0.25, 0.3) is 5.91 Å². The molecule has 1 heterocycles. The lowest BCUT2D eigenvalue weighted by Crippen LogP contribution is -2.41. The van der Waals surface area contributed by atoms with Crippen molar-refractivity contribution in [3.8, 4) is 16.9 Å². The average Bonchev–Trinajstić information content (AvgIpc) is 3.64. The normalized spacial score (nSPS) is 16.2. The molecule has 1 saturated heterocycles. The zero-order chi connectivity index (χ0) is 30.6. The van der Waals surface area contributed by atoms with E-state index in [-0.39, 0.29) is 11.8 Å². The highest BCUT2D eigenvalue weighted by Crippen LogP contribution is 2.23. The minimum Gasteiger partial charge on any atom is -0.489 e. The van der Waals surface area contributed by atoms with Crippen molar-refractivity contribution in [3.05, 3.63) is 83.9 Å². The molecule has 0 spiro atoms. The van der Waals surface area contributed by atoms with Crippen molar-refractivity contribution in [2.24, 2.45) is 5.92 Å². The fraction of sp³-hybridized carbons (Fsp3) is 0.412. The van der Waals surface area contributed by atoms with Gasteiger partial charge >= 0.3 is 5.97 Å². The van der Waals surface area contributed by atoms with E-state index in [4.69, 9.17) is 9.47 Å². The van der Waals surface area contributed by atoms with Crippen molar-refractivity contribution in [3.63, 3.8) is 0 Å². The Morgan fingerprint density at radius 3 is 1.91 bits per heavy atom. The summed E-state index contributed by atoms with van der Waals surface area (Å²) in [5.74, 6) is -0.523. The summed E-state index contributed by atoms with van der Waals surface area (Å²) in [6.07, 6.45) is 7.50. The van der Waals surface area contributed by atoms with E-state index in [0.717, 1.165) is 16.7 Å². The summed E-state index contributed by atoms with van der Waals surface area (Å²) in [7, 11) is -1.62. The summed E-state index contributed by atoms with van der Waals surface area (Å²) in [5.41, 5.74) is 3.58. The number of carbonyl (C=O) groups excluding carboxylic acids is 1. The van der Waals surface area contributed by atoms with Gasteiger partial charge in [-0.25, -0.2) is 8.93 Å². The Balaban J connectivity index is 0.000000767. The summed E-state index contributed by atoms with van der Waals surface area (Å²) in [4.78, 5) is 26.3. The van der Waals surface area contributed by atoms with Gasteiger partial charge < -0.3 is 19.5 Å². The first-order chi connectivity index (χ1) is 20.8. The van der Waals surface area contributed by atoms with E-state index >= 15 is 0 Å². The van der Waals surface area contributed by atoms with Crippen molar-refractivity contribution in [1.29, 1.82) is 0 Å². The highest BCUT2D eigenvalue weighted by molar-refractivity contribution is 7.83. The minimum absolute atomic E-state index is 0.00555. The minimum atomic E-state index is -1.62. The number of ether oxygens (including phenoxy) is 2. The van der Waals surface area contributed by atoms with E-state index in [1.807, 2.05) is 48.5 Å². The Kier molecular flexibility index (Phi) is 12.3. The molecule has 2 unspecified atom stereocenters. The molecule has 2 atom stereocenters. The lowest BCUT2D eigenvalue weighted by atomic mass is 10.0. The van der Waals surface area contributed by atoms with Gasteiger partial charge in [0.2, 0.25) is 0 Å². The van der Waals surface area contributed by atoms with Crippen molar-refractivity contribution in [1.82, 2.24) is 9.62 Å². The van der Waals surface area contributed by atoms with Gasteiger partial charge in [-0.1, -0.05) is 82.3 Å². The zero-order valence-corrected chi connectivity index (χ0v) is 25.8. The predicted molar refractivity (Wildman–Crippen MR) is 168 cm³/mol. The van der Waals surface area contributed by atoms with E-state index in [2.05, 4.69) is 4.72 Å². The van der Waals surface area contributed by atoms with Crippen LogP contribution in [0.3, 0.4) is 0 Å². The van der Waals surface area contributed by atoms with Crippen molar-refractivity contribution in [2.75, 3.05) is 26.3 Å². The molecule has 3 aromatic rings. The van der Waals surface area contributed by atoms with Crippen LogP contribution >= 0.6 is 0 Å². The predicted octanol–water partition coefficient (Wildman–Crippen LogP) is 6.08. The average molecular weight is 607 g/mol. The fourth-order valence-corrected chi connectivity index (χ4v) is 6.04. The summed E-state index contributed by atoms with van der Waals surface area (Å²) >= 11 is 0. The highest BCUT2D eigenvalue weighted by Gasteiger charge is 2.24. The first-order valence-electron chi connectivity index (χ1n) is 15.0. The number of carboxylic acid groups (broad SMARTS) is 1. The van der Waals surface area contributed by atoms with Crippen LogP contribution in [0.1, 0.15) is 61.9 Å². The molecule has 1 aliphatic heterocycles. The van der Waals surface area contributed by atoms with Crippen LogP contribution in [0.4, 0.5) is 0 Å².